The Morgan fingerprint density at radius 2 is 1.86 bits per heavy atom. The Balaban J connectivity index is 2.18. The van der Waals surface area contributed by atoms with Crippen LogP contribution in [0.4, 0.5) is 10.5 Å². The van der Waals surface area contributed by atoms with E-state index in [9.17, 15) is 9.59 Å². The molecule has 148 valence electrons. The predicted molar refractivity (Wildman–Crippen MR) is 107 cm³/mol. The third kappa shape index (κ3) is 7.05. The molecule has 0 spiro atoms. The van der Waals surface area contributed by atoms with Gasteiger partial charge in [-0.05, 0) is 30.3 Å². The van der Waals surface area contributed by atoms with Gasteiger partial charge in [0.25, 0.3) is 0 Å². The molecule has 0 saturated carbocycles. The molecule has 0 fully saturated rings. The van der Waals surface area contributed by atoms with Gasteiger partial charge in [0.05, 0.1) is 6.61 Å². The largest absolute Gasteiger partial charge is 0.491 e. The summed E-state index contributed by atoms with van der Waals surface area (Å²) >= 11 is 3.32. The van der Waals surface area contributed by atoms with Crippen molar-refractivity contribution in [2.24, 2.45) is 0 Å². The number of halogens is 1. The first-order chi connectivity index (χ1) is 13.5. The third-order valence-electron chi connectivity index (χ3n) is 3.57. The van der Waals surface area contributed by atoms with E-state index < -0.39 is 18.2 Å². The SMILES string of the molecule is O=C(O)/C=C/C[C@@H](OC(=O)Nc1ccc(Br)cc1)c1ccccc1OCCO. The highest BCUT2D eigenvalue weighted by Crippen LogP contribution is 2.31. The first-order valence-corrected chi connectivity index (χ1v) is 9.24. The second-order valence-electron chi connectivity index (χ2n) is 5.61. The number of aliphatic hydroxyl groups excluding tert-OH is 1. The van der Waals surface area contributed by atoms with E-state index in [0.717, 1.165) is 10.5 Å². The van der Waals surface area contributed by atoms with E-state index in [1.807, 2.05) is 0 Å². The van der Waals surface area contributed by atoms with Gasteiger partial charge in [-0.3, -0.25) is 5.32 Å². The van der Waals surface area contributed by atoms with Gasteiger partial charge in [0.1, 0.15) is 18.5 Å². The van der Waals surface area contributed by atoms with Crippen molar-refractivity contribution in [1.29, 1.82) is 0 Å². The molecule has 1 atom stereocenters. The maximum absolute atomic E-state index is 12.3. The predicted octanol–water partition coefficient (Wildman–Crippen LogP) is 4.14. The van der Waals surface area contributed by atoms with Crippen LogP contribution >= 0.6 is 15.9 Å². The Bertz CT molecular complexity index is 822. The van der Waals surface area contributed by atoms with Crippen molar-refractivity contribution in [3.05, 3.63) is 70.7 Å². The van der Waals surface area contributed by atoms with Gasteiger partial charge in [-0.1, -0.05) is 40.2 Å². The zero-order chi connectivity index (χ0) is 20.4. The number of para-hydroxylation sites is 1. The molecule has 8 heteroatoms. The van der Waals surface area contributed by atoms with Crippen LogP contribution in [0.5, 0.6) is 5.75 Å². The number of aliphatic hydroxyl groups is 1. The third-order valence-corrected chi connectivity index (χ3v) is 4.09. The summed E-state index contributed by atoms with van der Waals surface area (Å²) in [6.07, 6.45) is 1.07. The highest BCUT2D eigenvalue weighted by molar-refractivity contribution is 9.10. The van der Waals surface area contributed by atoms with E-state index in [4.69, 9.17) is 19.7 Å². The Morgan fingerprint density at radius 1 is 1.14 bits per heavy atom. The van der Waals surface area contributed by atoms with Crippen LogP contribution in [0, 0.1) is 0 Å². The summed E-state index contributed by atoms with van der Waals surface area (Å²) in [5.74, 6) is -0.649. The molecule has 0 unspecified atom stereocenters. The lowest BCUT2D eigenvalue weighted by molar-refractivity contribution is -0.131. The van der Waals surface area contributed by atoms with Gasteiger partial charge in [0.15, 0.2) is 0 Å². The molecule has 0 heterocycles. The molecule has 2 rings (SSSR count). The second-order valence-corrected chi connectivity index (χ2v) is 6.53. The minimum Gasteiger partial charge on any atom is -0.491 e. The van der Waals surface area contributed by atoms with Crippen molar-refractivity contribution in [2.45, 2.75) is 12.5 Å². The van der Waals surface area contributed by atoms with Gasteiger partial charge in [-0.2, -0.15) is 0 Å². The van der Waals surface area contributed by atoms with E-state index >= 15 is 0 Å². The maximum atomic E-state index is 12.3. The normalized spacial score (nSPS) is 11.8. The van der Waals surface area contributed by atoms with Crippen LogP contribution < -0.4 is 10.1 Å². The number of carboxylic acids is 1. The number of nitrogens with one attached hydrogen (secondary N) is 1. The Labute approximate surface area is 170 Å². The Morgan fingerprint density at radius 3 is 2.54 bits per heavy atom. The first kappa shape index (κ1) is 21.5. The van der Waals surface area contributed by atoms with Crippen molar-refractivity contribution in [3.63, 3.8) is 0 Å². The zero-order valence-corrected chi connectivity index (χ0v) is 16.5. The molecular formula is C20H20BrNO6. The molecule has 2 aromatic carbocycles. The van der Waals surface area contributed by atoms with Gasteiger partial charge in [0, 0.05) is 28.2 Å². The summed E-state index contributed by atoms with van der Waals surface area (Å²) < 4.78 is 11.9. The minimum absolute atomic E-state index is 0.0831. The second kappa shape index (κ2) is 11.1. The summed E-state index contributed by atoms with van der Waals surface area (Å²) in [6.45, 7) is -0.0807. The molecule has 0 aliphatic rings. The van der Waals surface area contributed by atoms with E-state index in [-0.39, 0.29) is 19.6 Å². The van der Waals surface area contributed by atoms with Gasteiger partial charge < -0.3 is 19.7 Å². The van der Waals surface area contributed by atoms with Crippen LogP contribution in [0.25, 0.3) is 0 Å². The molecule has 7 nitrogen and oxygen atoms in total. The van der Waals surface area contributed by atoms with Crippen LogP contribution in [-0.4, -0.2) is 35.5 Å². The summed E-state index contributed by atoms with van der Waals surface area (Å²) in [4.78, 5) is 23.1. The van der Waals surface area contributed by atoms with Crippen LogP contribution in [0.15, 0.2) is 65.2 Å². The standard InChI is InChI=1S/C20H20BrNO6/c21-14-8-10-15(11-9-14)22-20(26)28-18(6-3-7-19(24)25)16-4-1-2-5-17(16)27-13-12-23/h1-5,7-11,18,23H,6,12-13H2,(H,22,26)(H,24,25)/b7-3+/t18-/m1/s1. The average Bonchev–Trinajstić information content (AvgIpc) is 2.67. The lowest BCUT2D eigenvalue weighted by Gasteiger charge is -2.20. The topological polar surface area (TPSA) is 105 Å². The fourth-order valence-corrected chi connectivity index (χ4v) is 2.64. The number of carboxylic acid groups (broad SMARTS) is 1. The van der Waals surface area contributed by atoms with E-state index in [0.29, 0.717) is 17.0 Å². The molecule has 0 aliphatic carbocycles. The molecule has 3 N–H and O–H groups in total. The molecular weight excluding hydrogens is 430 g/mol. The molecule has 0 saturated heterocycles. The van der Waals surface area contributed by atoms with Crippen LogP contribution in [0.2, 0.25) is 0 Å². The Kier molecular flexibility index (Phi) is 8.51. The molecule has 0 aliphatic heterocycles. The van der Waals surface area contributed by atoms with E-state index in [2.05, 4.69) is 21.2 Å². The van der Waals surface area contributed by atoms with Gasteiger partial charge in [-0.15, -0.1) is 0 Å². The van der Waals surface area contributed by atoms with Gasteiger partial charge in [0.2, 0.25) is 0 Å². The van der Waals surface area contributed by atoms with Crippen molar-refractivity contribution >= 4 is 33.7 Å². The molecule has 2 aromatic rings. The quantitative estimate of drug-likeness (QED) is 0.496. The molecule has 0 radical (unpaired) electrons. The maximum Gasteiger partial charge on any atom is 0.412 e. The fourth-order valence-electron chi connectivity index (χ4n) is 2.37. The molecule has 28 heavy (non-hydrogen) atoms. The van der Waals surface area contributed by atoms with Crippen LogP contribution in [-0.2, 0) is 9.53 Å². The number of rotatable bonds is 9. The summed E-state index contributed by atoms with van der Waals surface area (Å²) in [5.41, 5.74) is 1.12. The van der Waals surface area contributed by atoms with Crippen LogP contribution in [0.3, 0.4) is 0 Å². The number of hydrogen-bond acceptors (Lipinski definition) is 5. The number of ether oxygens (including phenoxy) is 2. The number of carbonyl (C=O) groups is 2. The number of benzene rings is 2. The average molecular weight is 450 g/mol. The highest BCUT2D eigenvalue weighted by atomic mass is 79.9. The number of carbonyl (C=O) groups excluding carboxylic acids is 1. The van der Waals surface area contributed by atoms with Crippen LogP contribution in [0.1, 0.15) is 18.1 Å². The fraction of sp³-hybridized carbons (Fsp3) is 0.200. The van der Waals surface area contributed by atoms with E-state index in [1.54, 1.807) is 48.5 Å². The van der Waals surface area contributed by atoms with Crippen molar-refractivity contribution in [1.82, 2.24) is 0 Å². The minimum atomic E-state index is -1.09. The van der Waals surface area contributed by atoms with Gasteiger partial charge >= 0.3 is 12.1 Å². The summed E-state index contributed by atoms with van der Waals surface area (Å²) in [5, 5.41) is 20.4. The summed E-state index contributed by atoms with van der Waals surface area (Å²) in [6, 6.07) is 13.9. The van der Waals surface area contributed by atoms with E-state index in [1.165, 1.54) is 6.08 Å². The molecule has 0 bridgehead atoms. The number of hydrogen-bond donors (Lipinski definition) is 3. The Hall–Kier alpha value is -2.84. The van der Waals surface area contributed by atoms with Crippen molar-refractivity contribution in [3.8, 4) is 5.75 Å². The first-order valence-electron chi connectivity index (χ1n) is 8.45. The number of amides is 1. The molecule has 1 amide bonds. The lowest BCUT2D eigenvalue weighted by Crippen LogP contribution is -2.18. The molecule has 0 aromatic heterocycles. The summed E-state index contributed by atoms with van der Waals surface area (Å²) in [7, 11) is 0. The smallest absolute Gasteiger partial charge is 0.412 e. The number of anilines is 1. The van der Waals surface area contributed by atoms with Crippen molar-refractivity contribution in [2.75, 3.05) is 18.5 Å². The zero-order valence-electron chi connectivity index (χ0n) is 14.9. The monoisotopic (exact) mass is 449 g/mol. The lowest BCUT2D eigenvalue weighted by atomic mass is 10.0. The van der Waals surface area contributed by atoms with Gasteiger partial charge in [-0.25, -0.2) is 9.59 Å². The van der Waals surface area contributed by atoms with Crippen molar-refractivity contribution < 1.29 is 29.3 Å². The number of aliphatic carboxylic acids is 1. The highest BCUT2D eigenvalue weighted by Gasteiger charge is 2.20.